The SMILES string of the molecule is O.O.OC(Cl)Cl. The number of rotatable bonds is 0. The molecule has 0 radical (unpaired) electrons. The Balaban J connectivity index is -0.0000000450. The van der Waals surface area contributed by atoms with Gasteiger partial charge < -0.3 is 16.1 Å². The number of alkyl halides is 2. The molecule has 0 atom stereocenters. The fraction of sp³-hybridized carbons (Fsp3) is 1.00. The van der Waals surface area contributed by atoms with Crippen LogP contribution in [0.5, 0.6) is 0 Å². The molecule has 0 spiro atoms. The summed E-state index contributed by atoms with van der Waals surface area (Å²) in [5.74, 6) is 0. The number of hydrogen-bond donors (Lipinski definition) is 1. The molecule has 0 saturated heterocycles. The smallest absolute Gasteiger partial charge is 0.204 e. The first-order chi connectivity index (χ1) is 1.73. The van der Waals surface area contributed by atoms with E-state index >= 15 is 0 Å². The Hall–Kier alpha value is 0.460. The fourth-order valence-electron chi connectivity index (χ4n) is 0. The summed E-state index contributed by atoms with van der Waals surface area (Å²) in [4.78, 5) is 0. The lowest BCUT2D eigenvalue weighted by Gasteiger charge is -1.73. The van der Waals surface area contributed by atoms with Crippen LogP contribution < -0.4 is 0 Å². The van der Waals surface area contributed by atoms with E-state index in [0.717, 1.165) is 0 Å². The maximum Gasteiger partial charge on any atom is 0.204 e. The van der Waals surface area contributed by atoms with Crippen LogP contribution in [0, 0.1) is 0 Å². The van der Waals surface area contributed by atoms with Gasteiger partial charge in [-0.05, 0) is 0 Å². The molecule has 5 heteroatoms. The van der Waals surface area contributed by atoms with Crippen LogP contribution in [-0.4, -0.2) is 21.1 Å². The quantitative estimate of drug-likeness (QED) is 0.430. The molecule has 0 aliphatic rings. The van der Waals surface area contributed by atoms with Gasteiger partial charge in [-0.25, -0.2) is 0 Å². The summed E-state index contributed by atoms with van der Waals surface area (Å²) < 4.78 is 0. The highest BCUT2D eigenvalue weighted by Gasteiger charge is 1.76. The average molecular weight is 137 g/mol. The summed E-state index contributed by atoms with van der Waals surface area (Å²) in [7, 11) is 0. The topological polar surface area (TPSA) is 83.2 Å². The van der Waals surface area contributed by atoms with Crippen molar-refractivity contribution in [2.45, 2.75) is 5.02 Å². The molecule has 0 heterocycles. The van der Waals surface area contributed by atoms with E-state index < -0.39 is 5.02 Å². The van der Waals surface area contributed by atoms with Crippen LogP contribution in [0.4, 0.5) is 0 Å². The van der Waals surface area contributed by atoms with Crippen molar-refractivity contribution in [2.24, 2.45) is 0 Å². The molecule has 0 aromatic rings. The van der Waals surface area contributed by atoms with Gasteiger partial charge in [-0.15, -0.1) is 0 Å². The van der Waals surface area contributed by atoms with Crippen LogP contribution >= 0.6 is 23.2 Å². The van der Waals surface area contributed by atoms with Gasteiger partial charge in [0.25, 0.3) is 0 Å². The van der Waals surface area contributed by atoms with Crippen LogP contribution in [-0.2, 0) is 0 Å². The minimum Gasteiger partial charge on any atom is -0.412 e. The first-order valence-electron chi connectivity index (χ1n) is 0.695. The summed E-state index contributed by atoms with van der Waals surface area (Å²) in [5.41, 5.74) is 0. The zero-order chi connectivity index (χ0) is 3.58. The zero-order valence-electron chi connectivity index (χ0n) is 2.78. The molecular formula is CH6Cl2O3. The van der Waals surface area contributed by atoms with Crippen molar-refractivity contribution in [3.8, 4) is 0 Å². The molecule has 0 saturated carbocycles. The molecule has 6 heavy (non-hydrogen) atoms. The Morgan fingerprint density at radius 1 is 1.17 bits per heavy atom. The van der Waals surface area contributed by atoms with E-state index in [4.69, 9.17) is 5.11 Å². The molecule has 0 aliphatic heterocycles. The maximum atomic E-state index is 7.59. The van der Waals surface area contributed by atoms with Crippen LogP contribution in [0.1, 0.15) is 0 Å². The van der Waals surface area contributed by atoms with Crippen molar-refractivity contribution in [1.82, 2.24) is 0 Å². The van der Waals surface area contributed by atoms with Gasteiger partial charge in [-0.2, -0.15) is 0 Å². The Bertz CT molecular complexity index is 13.5. The molecule has 0 aromatic carbocycles. The predicted molar refractivity (Wildman–Crippen MR) is 24.9 cm³/mol. The molecule has 0 bridgehead atoms. The maximum absolute atomic E-state index is 7.59. The first kappa shape index (κ1) is 16.1. The summed E-state index contributed by atoms with van der Waals surface area (Å²) in [6.07, 6.45) is 0. The second kappa shape index (κ2) is 9.07. The van der Waals surface area contributed by atoms with E-state index in [1.165, 1.54) is 0 Å². The molecular weight excluding hydrogens is 131 g/mol. The van der Waals surface area contributed by atoms with E-state index in [1.54, 1.807) is 0 Å². The second-order valence-corrected chi connectivity index (χ2v) is 1.33. The molecule has 0 rings (SSSR count). The molecule has 0 fully saturated rings. The molecule has 0 aromatic heterocycles. The van der Waals surface area contributed by atoms with Gasteiger partial charge in [-0.3, -0.25) is 0 Å². The highest BCUT2D eigenvalue weighted by molar-refractivity contribution is 6.42. The molecule has 0 unspecified atom stereocenters. The van der Waals surface area contributed by atoms with Gasteiger partial charge in [-0.1, -0.05) is 23.2 Å². The van der Waals surface area contributed by atoms with Crippen molar-refractivity contribution in [1.29, 1.82) is 0 Å². The average Bonchev–Trinajstić information content (AvgIpc) is 0.811. The third-order valence-electron chi connectivity index (χ3n) is 0. The van der Waals surface area contributed by atoms with E-state index in [-0.39, 0.29) is 11.0 Å². The van der Waals surface area contributed by atoms with Crippen LogP contribution in [0.2, 0.25) is 0 Å². The Labute approximate surface area is 45.1 Å². The van der Waals surface area contributed by atoms with Gasteiger partial charge >= 0.3 is 0 Å². The number of halogens is 2. The minimum absolute atomic E-state index is 0. The zero-order valence-corrected chi connectivity index (χ0v) is 4.29. The third kappa shape index (κ3) is 252. The molecule has 5 N–H and O–H groups in total. The van der Waals surface area contributed by atoms with Crippen molar-refractivity contribution >= 4 is 23.2 Å². The Kier molecular flexibility index (Phi) is 24.3. The van der Waals surface area contributed by atoms with Crippen LogP contribution in [0.3, 0.4) is 0 Å². The lowest BCUT2D eigenvalue weighted by Crippen LogP contribution is -1.73. The lowest BCUT2D eigenvalue weighted by atomic mass is 11.7. The van der Waals surface area contributed by atoms with Gasteiger partial charge in [0.15, 0.2) is 0 Å². The van der Waals surface area contributed by atoms with Crippen molar-refractivity contribution in [2.75, 3.05) is 0 Å². The summed E-state index contributed by atoms with van der Waals surface area (Å²) in [6, 6.07) is 0. The predicted octanol–water partition coefficient (Wildman–Crippen LogP) is -0.909. The van der Waals surface area contributed by atoms with E-state index in [1.807, 2.05) is 0 Å². The standard InChI is InChI=1S/CH2Cl2O.2H2O/c2-1(3)4;;/h1,4H;2*1H2. The van der Waals surface area contributed by atoms with Crippen LogP contribution in [0.25, 0.3) is 0 Å². The highest BCUT2D eigenvalue weighted by Crippen LogP contribution is 1.90. The van der Waals surface area contributed by atoms with Crippen LogP contribution in [0.15, 0.2) is 0 Å². The van der Waals surface area contributed by atoms with E-state index in [9.17, 15) is 0 Å². The largest absolute Gasteiger partial charge is 0.412 e. The summed E-state index contributed by atoms with van der Waals surface area (Å²) >= 11 is 9.19. The van der Waals surface area contributed by atoms with Crippen molar-refractivity contribution in [3.05, 3.63) is 0 Å². The molecule has 3 nitrogen and oxygen atoms in total. The molecule has 0 aliphatic carbocycles. The Morgan fingerprint density at radius 3 is 1.17 bits per heavy atom. The van der Waals surface area contributed by atoms with Crippen molar-refractivity contribution < 1.29 is 16.1 Å². The number of aliphatic hydroxyl groups excluding tert-OH is 1. The van der Waals surface area contributed by atoms with Gasteiger partial charge in [0, 0.05) is 0 Å². The monoisotopic (exact) mass is 136 g/mol. The van der Waals surface area contributed by atoms with Gasteiger partial charge in [0.1, 0.15) is 0 Å². The lowest BCUT2D eigenvalue weighted by molar-refractivity contribution is 0.333. The third-order valence-corrected chi connectivity index (χ3v) is 0. The number of hydrogen-bond acceptors (Lipinski definition) is 1. The van der Waals surface area contributed by atoms with E-state index in [2.05, 4.69) is 23.2 Å². The minimum atomic E-state index is -1.22. The summed E-state index contributed by atoms with van der Waals surface area (Å²) in [6.45, 7) is 0. The Morgan fingerprint density at radius 2 is 1.17 bits per heavy atom. The fourth-order valence-corrected chi connectivity index (χ4v) is 0. The highest BCUT2D eigenvalue weighted by atomic mass is 35.5. The second-order valence-electron chi connectivity index (χ2n) is 0.278. The van der Waals surface area contributed by atoms with E-state index in [0.29, 0.717) is 0 Å². The molecule has 0 amide bonds. The summed E-state index contributed by atoms with van der Waals surface area (Å²) in [5, 5.41) is 6.36. The first-order valence-corrected chi connectivity index (χ1v) is 1.57. The molecule has 42 valence electrons. The normalized spacial score (nSPS) is 6.00. The number of aliphatic hydroxyl groups is 1. The van der Waals surface area contributed by atoms with Gasteiger partial charge in [0.2, 0.25) is 5.02 Å². The van der Waals surface area contributed by atoms with Gasteiger partial charge in [0.05, 0.1) is 0 Å². The van der Waals surface area contributed by atoms with Crippen molar-refractivity contribution in [3.63, 3.8) is 0 Å².